The SMILES string of the molecule is O=C(Nc1ccc(-c2cncc(Cl)c2)cc1)C1(c2csc(NS(=O)(=O)C3CC3)n2)CC1. The second-order valence-electron chi connectivity index (χ2n) is 7.89. The van der Waals surface area contributed by atoms with Gasteiger partial charge in [-0.1, -0.05) is 23.7 Å². The quantitative estimate of drug-likeness (QED) is 0.527. The number of carbonyl (C=O) groups is 1. The summed E-state index contributed by atoms with van der Waals surface area (Å²) in [5.74, 6) is -0.133. The fourth-order valence-electron chi connectivity index (χ4n) is 3.41. The number of carbonyl (C=O) groups excluding carboxylic acids is 1. The van der Waals surface area contributed by atoms with E-state index in [1.165, 1.54) is 11.3 Å². The zero-order chi connectivity index (χ0) is 21.6. The van der Waals surface area contributed by atoms with Gasteiger partial charge in [-0.15, -0.1) is 11.3 Å². The molecule has 0 aliphatic heterocycles. The summed E-state index contributed by atoms with van der Waals surface area (Å²) in [6.07, 6.45) is 6.05. The molecule has 0 bridgehead atoms. The summed E-state index contributed by atoms with van der Waals surface area (Å²) in [6, 6.07) is 9.30. The standard InChI is InChI=1S/C21H19ClN4O3S2/c22-15-9-14(10-23-11-15)13-1-3-16(4-2-13)24-19(27)21(7-8-21)18-12-30-20(25-18)26-31(28,29)17-5-6-17/h1-4,9-12,17H,5-8H2,(H,24,27)(H,25,26). The Kier molecular flexibility index (Phi) is 4.99. The minimum atomic E-state index is -3.37. The van der Waals surface area contributed by atoms with Crippen molar-refractivity contribution >= 4 is 49.7 Å². The molecule has 0 spiro atoms. The largest absolute Gasteiger partial charge is 0.325 e. The van der Waals surface area contributed by atoms with Gasteiger partial charge in [-0.2, -0.15) is 0 Å². The minimum Gasteiger partial charge on any atom is -0.325 e. The van der Waals surface area contributed by atoms with Crippen LogP contribution in [0.2, 0.25) is 5.02 Å². The molecule has 2 aliphatic rings. The molecule has 1 amide bonds. The summed E-state index contributed by atoms with van der Waals surface area (Å²) in [4.78, 5) is 21.5. The van der Waals surface area contributed by atoms with Crippen LogP contribution in [0.1, 0.15) is 31.4 Å². The Balaban J connectivity index is 1.28. The molecule has 7 nitrogen and oxygen atoms in total. The summed E-state index contributed by atoms with van der Waals surface area (Å²) >= 11 is 7.22. The lowest BCUT2D eigenvalue weighted by atomic mass is 10.0. The lowest BCUT2D eigenvalue weighted by Gasteiger charge is -2.13. The highest BCUT2D eigenvalue weighted by Crippen LogP contribution is 2.49. The third-order valence-electron chi connectivity index (χ3n) is 5.55. The Morgan fingerprint density at radius 2 is 1.87 bits per heavy atom. The predicted octanol–water partition coefficient (Wildman–Crippen LogP) is 4.43. The molecule has 2 saturated carbocycles. The van der Waals surface area contributed by atoms with E-state index in [9.17, 15) is 13.2 Å². The monoisotopic (exact) mass is 474 g/mol. The number of anilines is 2. The summed E-state index contributed by atoms with van der Waals surface area (Å²) in [7, 11) is -3.37. The smallest absolute Gasteiger partial charge is 0.237 e. The van der Waals surface area contributed by atoms with Crippen LogP contribution in [0, 0.1) is 0 Å². The van der Waals surface area contributed by atoms with Gasteiger partial charge in [-0.3, -0.25) is 14.5 Å². The first kappa shape index (κ1) is 20.4. The van der Waals surface area contributed by atoms with Crippen LogP contribution in [0.5, 0.6) is 0 Å². The molecule has 2 aromatic heterocycles. The van der Waals surface area contributed by atoms with Gasteiger partial charge in [0, 0.05) is 29.0 Å². The molecule has 2 aliphatic carbocycles. The van der Waals surface area contributed by atoms with Gasteiger partial charge in [0.25, 0.3) is 0 Å². The Morgan fingerprint density at radius 3 is 2.52 bits per heavy atom. The number of thiazole rings is 1. The molecule has 0 saturated heterocycles. The van der Waals surface area contributed by atoms with Crippen LogP contribution in [-0.2, 0) is 20.2 Å². The van der Waals surface area contributed by atoms with Crippen molar-refractivity contribution in [2.75, 3.05) is 10.0 Å². The summed E-state index contributed by atoms with van der Waals surface area (Å²) in [6.45, 7) is 0. The second-order valence-corrected chi connectivity index (χ2v) is 11.1. The molecule has 0 unspecified atom stereocenters. The summed E-state index contributed by atoms with van der Waals surface area (Å²) in [5.41, 5.74) is 2.44. The summed E-state index contributed by atoms with van der Waals surface area (Å²) in [5, 5.41) is 5.30. The van der Waals surface area contributed by atoms with Crippen LogP contribution in [0.15, 0.2) is 48.1 Å². The Hall–Kier alpha value is -2.49. The normalized spacial score (nSPS) is 17.2. The van der Waals surface area contributed by atoms with E-state index >= 15 is 0 Å². The highest BCUT2D eigenvalue weighted by molar-refractivity contribution is 7.93. The van der Waals surface area contributed by atoms with Crippen LogP contribution in [0.25, 0.3) is 11.1 Å². The molecular weight excluding hydrogens is 456 g/mol. The molecule has 0 atom stereocenters. The number of nitrogens with one attached hydrogen (secondary N) is 2. The van der Waals surface area contributed by atoms with E-state index in [-0.39, 0.29) is 11.2 Å². The highest BCUT2D eigenvalue weighted by atomic mass is 35.5. The van der Waals surface area contributed by atoms with Crippen molar-refractivity contribution in [2.45, 2.75) is 36.3 Å². The topological polar surface area (TPSA) is 101 Å². The van der Waals surface area contributed by atoms with E-state index in [1.54, 1.807) is 17.8 Å². The minimum absolute atomic E-state index is 0.133. The van der Waals surface area contributed by atoms with Crippen LogP contribution >= 0.6 is 22.9 Å². The molecule has 10 heteroatoms. The van der Waals surface area contributed by atoms with Crippen LogP contribution in [0.3, 0.4) is 0 Å². The number of rotatable bonds is 7. The molecule has 31 heavy (non-hydrogen) atoms. The average Bonchev–Trinajstić information content (AvgIpc) is 3.66. The van der Waals surface area contributed by atoms with Crippen molar-refractivity contribution in [1.82, 2.24) is 9.97 Å². The maximum atomic E-state index is 13.0. The van der Waals surface area contributed by atoms with Crippen molar-refractivity contribution in [3.63, 3.8) is 0 Å². The van der Waals surface area contributed by atoms with E-state index in [2.05, 4.69) is 20.0 Å². The van der Waals surface area contributed by atoms with Crippen molar-refractivity contribution in [2.24, 2.45) is 0 Å². The molecule has 2 fully saturated rings. The van der Waals surface area contributed by atoms with Gasteiger partial charge < -0.3 is 5.32 Å². The fourth-order valence-corrected chi connectivity index (χ4v) is 5.99. The van der Waals surface area contributed by atoms with Crippen LogP contribution < -0.4 is 10.0 Å². The van der Waals surface area contributed by atoms with E-state index in [0.29, 0.717) is 47.2 Å². The third kappa shape index (κ3) is 4.17. The van der Waals surface area contributed by atoms with Crippen molar-refractivity contribution in [3.05, 3.63) is 58.8 Å². The van der Waals surface area contributed by atoms with Gasteiger partial charge in [-0.05, 0) is 49.4 Å². The zero-order valence-corrected chi connectivity index (χ0v) is 18.7. The Bertz CT molecular complexity index is 1250. The first-order valence-electron chi connectivity index (χ1n) is 9.86. The number of nitrogens with zero attached hydrogens (tertiary/aromatic N) is 2. The Labute approximate surface area is 188 Å². The van der Waals surface area contributed by atoms with Crippen LogP contribution in [-0.4, -0.2) is 29.5 Å². The van der Waals surface area contributed by atoms with Gasteiger partial charge in [0.2, 0.25) is 15.9 Å². The molecule has 3 aromatic rings. The van der Waals surface area contributed by atoms with E-state index in [4.69, 9.17) is 11.6 Å². The number of pyridine rings is 1. The van der Waals surface area contributed by atoms with Crippen molar-refractivity contribution in [3.8, 4) is 11.1 Å². The molecule has 2 N–H and O–H groups in total. The predicted molar refractivity (Wildman–Crippen MR) is 122 cm³/mol. The Morgan fingerprint density at radius 1 is 1.13 bits per heavy atom. The number of hydrogen-bond acceptors (Lipinski definition) is 6. The molecule has 5 rings (SSSR count). The maximum Gasteiger partial charge on any atom is 0.237 e. The molecule has 2 heterocycles. The molecule has 160 valence electrons. The average molecular weight is 475 g/mol. The third-order valence-corrected chi connectivity index (χ3v) is 8.47. The van der Waals surface area contributed by atoms with Gasteiger partial charge in [0.1, 0.15) is 0 Å². The number of aromatic nitrogens is 2. The van der Waals surface area contributed by atoms with Gasteiger partial charge >= 0.3 is 0 Å². The van der Waals surface area contributed by atoms with E-state index < -0.39 is 15.4 Å². The first-order valence-corrected chi connectivity index (χ1v) is 12.7. The molecule has 1 aromatic carbocycles. The number of benzene rings is 1. The first-order chi connectivity index (χ1) is 14.9. The van der Waals surface area contributed by atoms with Gasteiger partial charge in [-0.25, -0.2) is 13.4 Å². The van der Waals surface area contributed by atoms with Crippen LogP contribution in [0.4, 0.5) is 10.8 Å². The van der Waals surface area contributed by atoms with Gasteiger partial charge in [0.05, 0.1) is 21.4 Å². The van der Waals surface area contributed by atoms with E-state index in [1.807, 2.05) is 30.3 Å². The van der Waals surface area contributed by atoms with Gasteiger partial charge in [0.15, 0.2) is 5.13 Å². The molecule has 0 radical (unpaired) electrons. The number of sulfonamides is 1. The number of hydrogen-bond donors (Lipinski definition) is 2. The summed E-state index contributed by atoms with van der Waals surface area (Å²) < 4.78 is 26.8. The zero-order valence-electron chi connectivity index (χ0n) is 16.3. The van der Waals surface area contributed by atoms with E-state index in [0.717, 1.165) is 11.1 Å². The second kappa shape index (κ2) is 7.58. The van der Waals surface area contributed by atoms with Crippen molar-refractivity contribution in [1.29, 1.82) is 0 Å². The number of amides is 1. The lowest BCUT2D eigenvalue weighted by Crippen LogP contribution is -2.28. The lowest BCUT2D eigenvalue weighted by molar-refractivity contribution is -0.118. The number of halogens is 1. The maximum absolute atomic E-state index is 13.0. The molecular formula is C21H19ClN4O3S2. The highest BCUT2D eigenvalue weighted by Gasteiger charge is 2.53. The fraction of sp³-hybridized carbons (Fsp3) is 0.286. The van der Waals surface area contributed by atoms with Crippen molar-refractivity contribution < 1.29 is 13.2 Å².